The van der Waals surface area contributed by atoms with E-state index in [9.17, 15) is 31.2 Å². The number of benzene rings is 1. The van der Waals surface area contributed by atoms with E-state index < -0.39 is 46.4 Å². The number of halogens is 3. The lowest BCUT2D eigenvalue weighted by Gasteiger charge is -2.25. The number of rotatable bonds is 5. The lowest BCUT2D eigenvalue weighted by Crippen LogP contribution is -2.47. The minimum Gasteiger partial charge on any atom is -0.446 e. The van der Waals surface area contributed by atoms with Crippen LogP contribution in [0.25, 0.3) is 11.0 Å². The van der Waals surface area contributed by atoms with Crippen LogP contribution in [0.1, 0.15) is 16.8 Å². The number of hydrogen-bond acceptors (Lipinski definition) is 7. The molecule has 1 aliphatic heterocycles. The molecule has 1 aromatic carbocycles. The van der Waals surface area contributed by atoms with E-state index >= 15 is 0 Å². The zero-order valence-electron chi connectivity index (χ0n) is 21.4. The summed E-state index contributed by atoms with van der Waals surface area (Å²) >= 11 is 0. The summed E-state index contributed by atoms with van der Waals surface area (Å²) in [7, 11) is -2.66. The molecule has 0 aliphatic carbocycles. The number of aromatic nitrogens is 3. The molecule has 1 aliphatic rings. The number of hydrogen-bond donors (Lipinski definition) is 0. The first-order valence-electron chi connectivity index (χ1n) is 11.9. The first-order valence-corrected chi connectivity index (χ1v) is 13.3. The Bertz CT molecular complexity index is 1750. The monoisotopic (exact) mass is 573 g/mol. The molecule has 14 heteroatoms. The number of anilines is 2. The molecule has 1 atom stereocenters. The van der Waals surface area contributed by atoms with E-state index in [1.807, 2.05) is 6.92 Å². The highest BCUT2D eigenvalue weighted by Crippen LogP contribution is 2.33. The predicted octanol–water partition coefficient (Wildman–Crippen LogP) is 4.29. The molecule has 0 N–H and O–H groups in total. The maximum atomic E-state index is 13.5. The minimum absolute atomic E-state index is 0.00764. The molecule has 1 saturated heterocycles. The Morgan fingerprint density at radius 1 is 1.05 bits per heavy atom. The van der Waals surface area contributed by atoms with Crippen LogP contribution in [0.15, 0.2) is 65.7 Å². The van der Waals surface area contributed by atoms with E-state index in [2.05, 4.69) is 9.97 Å². The van der Waals surface area contributed by atoms with Gasteiger partial charge in [0.1, 0.15) is 18.2 Å². The number of fused-ring (bicyclic) bond motifs is 1. The number of carbonyl (C=O) groups excluding carboxylic acids is 2. The third-order valence-corrected chi connectivity index (χ3v) is 8.09. The first kappa shape index (κ1) is 27.1. The van der Waals surface area contributed by atoms with Crippen LogP contribution >= 0.6 is 0 Å². The van der Waals surface area contributed by atoms with Crippen molar-refractivity contribution >= 4 is 44.7 Å². The Kier molecular flexibility index (Phi) is 6.53. The maximum Gasteiger partial charge on any atom is 0.416 e. The summed E-state index contributed by atoms with van der Waals surface area (Å²) in [6.07, 6.45) is -4.37. The molecule has 5 rings (SSSR count). The summed E-state index contributed by atoms with van der Waals surface area (Å²) < 4.78 is 72.8. The summed E-state index contributed by atoms with van der Waals surface area (Å²) in [5.74, 6) is -1.07. The SMILES string of the molecule is Cc1ccc(S(=O)(=O)n2ccc3ccc(N(C)C(=O)[C@@H]4COC(=O)N4c4cc(C(F)(F)F)cc(C)n4)nc32)cc1. The van der Waals surface area contributed by atoms with E-state index in [1.54, 1.807) is 24.3 Å². The summed E-state index contributed by atoms with van der Waals surface area (Å²) in [5.41, 5.74) is -0.0945. The zero-order chi connectivity index (χ0) is 29.0. The minimum atomic E-state index is -4.70. The third kappa shape index (κ3) is 4.74. The van der Waals surface area contributed by atoms with Gasteiger partial charge in [-0.25, -0.2) is 32.1 Å². The quantitative estimate of drug-likeness (QED) is 0.350. The predicted molar refractivity (Wildman–Crippen MR) is 138 cm³/mol. The highest BCUT2D eigenvalue weighted by molar-refractivity contribution is 7.90. The fourth-order valence-corrected chi connectivity index (χ4v) is 5.61. The van der Waals surface area contributed by atoms with Gasteiger partial charge >= 0.3 is 12.3 Å². The summed E-state index contributed by atoms with van der Waals surface area (Å²) in [4.78, 5) is 36.3. The van der Waals surface area contributed by atoms with Gasteiger partial charge in [0.2, 0.25) is 0 Å². The van der Waals surface area contributed by atoms with E-state index in [4.69, 9.17) is 4.74 Å². The number of alkyl halides is 3. The Labute approximate surface area is 226 Å². The highest BCUT2D eigenvalue weighted by Gasteiger charge is 2.43. The first-order chi connectivity index (χ1) is 18.8. The van der Waals surface area contributed by atoms with Crippen molar-refractivity contribution in [1.29, 1.82) is 0 Å². The van der Waals surface area contributed by atoms with Crippen LogP contribution in [-0.4, -0.2) is 54.1 Å². The molecule has 4 heterocycles. The van der Waals surface area contributed by atoms with Gasteiger partial charge < -0.3 is 4.74 Å². The molecule has 4 aromatic rings. The van der Waals surface area contributed by atoms with Crippen molar-refractivity contribution in [2.24, 2.45) is 0 Å². The number of ether oxygens (including phenoxy) is 1. The van der Waals surface area contributed by atoms with Gasteiger partial charge in [-0.15, -0.1) is 0 Å². The van der Waals surface area contributed by atoms with Crippen LogP contribution in [0.2, 0.25) is 0 Å². The van der Waals surface area contributed by atoms with Crippen molar-refractivity contribution in [3.63, 3.8) is 0 Å². The Morgan fingerprint density at radius 2 is 1.75 bits per heavy atom. The van der Waals surface area contributed by atoms with E-state index in [0.717, 1.165) is 25.4 Å². The zero-order valence-corrected chi connectivity index (χ0v) is 22.2. The molecule has 0 saturated carbocycles. The number of likely N-dealkylation sites (N-methyl/N-ethyl adjacent to an activating group) is 1. The average molecular weight is 574 g/mol. The molecule has 208 valence electrons. The topological polar surface area (TPSA) is 115 Å². The molecule has 0 spiro atoms. The van der Waals surface area contributed by atoms with Gasteiger partial charge in [-0.05, 0) is 56.3 Å². The number of aryl methyl sites for hydroxylation is 2. The van der Waals surface area contributed by atoms with Crippen molar-refractivity contribution in [1.82, 2.24) is 13.9 Å². The molecule has 10 nitrogen and oxygen atoms in total. The van der Waals surface area contributed by atoms with Gasteiger partial charge in [0.05, 0.1) is 10.5 Å². The van der Waals surface area contributed by atoms with Gasteiger partial charge in [-0.3, -0.25) is 9.69 Å². The van der Waals surface area contributed by atoms with Crippen LogP contribution in [0.5, 0.6) is 0 Å². The van der Waals surface area contributed by atoms with Gasteiger partial charge in [-0.1, -0.05) is 17.7 Å². The molecular formula is C26H22F3N5O5S. The second kappa shape index (κ2) is 9.62. The Morgan fingerprint density at radius 3 is 2.42 bits per heavy atom. The van der Waals surface area contributed by atoms with Crippen LogP contribution in [0.4, 0.5) is 29.6 Å². The lowest BCUT2D eigenvalue weighted by atomic mass is 10.2. The van der Waals surface area contributed by atoms with Crippen molar-refractivity contribution < 1.29 is 35.9 Å². The average Bonchev–Trinajstić information content (AvgIpc) is 3.50. The molecule has 0 unspecified atom stereocenters. The smallest absolute Gasteiger partial charge is 0.416 e. The fraction of sp³-hybridized carbons (Fsp3) is 0.231. The largest absolute Gasteiger partial charge is 0.446 e. The Balaban J connectivity index is 1.49. The van der Waals surface area contributed by atoms with E-state index in [-0.39, 0.29) is 27.9 Å². The van der Waals surface area contributed by atoms with E-state index in [1.165, 1.54) is 38.4 Å². The van der Waals surface area contributed by atoms with Crippen LogP contribution in [-0.2, 0) is 25.7 Å². The van der Waals surface area contributed by atoms with Crippen molar-refractivity contribution in [2.75, 3.05) is 23.5 Å². The molecule has 0 radical (unpaired) electrons. The molecule has 2 amide bonds. The molecular weight excluding hydrogens is 551 g/mol. The van der Waals surface area contributed by atoms with E-state index in [0.29, 0.717) is 11.5 Å². The molecule has 3 aromatic heterocycles. The fourth-order valence-electron chi connectivity index (χ4n) is 4.31. The highest BCUT2D eigenvalue weighted by atomic mass is 32.2. The van der Waals surface area contributed by atoms with Gasteiger partial charge in [0.15, 0.2) is 11.7 Å². The van der Waals surface area contributed by atoms with Crippen molar-refractivity contribution in [2.45, 2.75) is 31.0 Å². The van der Waals surface area contributed by atoms with Crippen molar-refractivity contribution in [3.8, 4) is 0 Å². The van der Waals surface area contributed by atoms with Crippen LogP contribution < -0.4 is 9.80 Å². The number of amides is 2. The number of carbonyl (C=O) groups is 2. The molecule has 40 heavy (non-hydrogen) atoms. The second-order valence-electron chi connectivity index (χ2n) is 9.23. The second-order valence-corrected chi connectivity index (χ2v) is 11.0. The van der Waals surface area contributed by atoms with Crippen LogP contribution in [0.3, 0.4) is 0 Å². The third-order valence-electron chi connectivity index (χ3n) is 6.41. The standard InChI is InChI=1S/C26H22F3N5O5S/c1-15-4-7-19(8-5-15)40(37,38)33-11-10-17-6-9-21(31-23(17)33)32(3)24(35)20-14-39-25(36)34(20)22-13-18(26(27,28)29)12-16(2)30-22/h4-13,20H,14H2,1-3H3/t20-/m0/s1. The molecule has 1 fully saturated rings. The van der Waals surface area contributed by atoms with Gasteiger partial charge in [0, 0.05) is 24.3 Å². The number of cyclic esters (lactones) is 1. The number of pyridine rings is 2. The summed E-state index contributed by atoms with van der Waals surface area (Å²) in [5, 5.41) is 0.491. The Hall–Kier alpha value is -4.46. The summed E-state index contributed by atoms with van der Waals surface area (Å²) in [6.45, 7) is 2.73. The maximum absolute atomic E-state index is 13.5. The normalized spacial score (nSPS) is 15.9. The lowest BCUT2D eigenvalue weighted by molar-refractivity contribution is -0.137. The van der Waals surface area contributed by atoms with Crippen molar-refractivity contribution in [3.05, 3.63) is 77.6 Å². The number of nitrogens with zero attached hydrogens (tertiary/aromatic N) is 5. The molecule has 0 bridgehead atoms. The van der Waals surface area contributed by atoms with Gasteiger partial charge in [-0.2, -0.15) is 13.2 Å². The summed E-state index contributed by atoms with van der Waals surface area (Å²) in [6, 6.07) is 11.1. The van der Waals surface area contributed by atoms with Gasteiger partial charge in [0.25, 0.3) is 15.9 Å². The van der Waals surface area contributed by atoms with Crippen LogP contribution in [0, 0.1) is 13.8 Å².